The van der Waals surface area contributed by atoms with Crippen LogP contribution in [0.4, 0.5) is 0 Å². The minimum Gasteiger partial charge on any atom is -0.481 e. The van der Waals surface area contributed by atoms with Crippen LogP contribution < -0.4 is 16.4 Å². The van der Waals surface area contributed by atoms with Crippen LogP contribution in [0, 0.1) is 11.8 Å². The molecule has 1 saturated carbocycles. The van der Waals surface area contributed by atoms with Gasteiger partial charge in [-0.15, -0.1) is 0 Å². The lowest BCUT2D eigenvalue weighted by atomic mass is 9.86. The van der Waals surface area contributed by atoms with Crippen molar-refractivity contribution in [1.29, 1.82) is 0 Å². The Bertz CT molecular complexity index is 950. The number of allylic oxidation sites excluding steroid dienone is 2. The Hall–Kier alpha value is -2.68. The zero-order valence-corrected chi connectivity index (χ0v) is 26.4. The quantitative estimate of drug-likeness (QED) is 0.0555. The minimum absolute atomic E-state index is 0.0372. The van der Waals surface area contributed by atoms with Gasteiger partial charge in [-0.1, -0.05) is 38.3 Å². The van der Waals surface area contributed by atoms with E-state index in [1.807, 2.05) is 12.2 Å². The lowest BCUT2D eigenvalue weighted by Crippen LogP contribution is -2.50. The fourth-order valence-electron chi connectivity index (χ4n) is 5.39. The van der Waals surface area contributed by atoms with Gasteiger partial charge in [-0.05, 0) is 63.2 Å². The number of carbonyl (C=O) groups excluding carboxylic acids is 2. The van der Waals surface area contributed by atoms with Gasteiger partial charge in [0.05, 0.1) is 12.2 Å². The van der Waals surface area contributed by atoms with E-state index in [4.69, 9.17) is 21.1 Å². The average molecular weight is 646 g/mol. The number of hydrogen-bond donors (Lipinski definition) is 8. The Balaban J connectivity index is 3.07. The first-order valence-corrected chi connectivity index (χ1v) is 16.5. The summed E-state index contributed by atoms with van der Waals surface area (Å²) in [5.41, 5.74) is 5.49. The number of amides is 2. The maximum absolute atomic E-state index is 12.9. The van der Waals surface area contributed by atoms with Gasteiger partial charge in [-0.3, -0.25) is 24.0 Å². The second-order valence-corrected chi connectivity index (χ2v) is 12.7. The van der Waals surface area contributed by atoms with Crippen molar-refractivity contribution < 1.29 is 49.5 Å². The maximum Gasteiger partial charge on any atom is 0.322 e. The first kappa shape index (κ1) is 39.3. The zero-order valence-electron chi connectivity index (χ0n) is 25.6. The molecule has 7 unspecified atom stereocenters. The highest BCUT2D eigenvalue weighted by atomic mass is 32.2. The summed E-state index contributed by atoms with van der Waals surface area (Å²) < 4.78 is 0. The molecule has 0 bridgehead atoms. The van der Waals surface area contributed by atoms with E-state index in [1.54, 1.807) is 0 Å². The molecule has 1 aliphatic rings. The van der Waals surface area contributed by atoms with E-state index in [1.165, 1.54) is 11.8 Å². The van der Waals surface area contributed by atoms with E-state index < -0.39 is 60.6 Å². The van der Waals surface area contributed by atoms with Crippen LogP contribution in [0.5, 0.6) is 0 Å². The van der Waals surface area contributed by atoms with Gasteiger partial charge in [0.1, 0.15) is 18.6 Å². The van der Waals surface area contributed by atoms with Crippen LogP contribution in [0.1, 0.15) is 90.4 Å². The Kier molecular flexibility index (Phi) is 19.6. The number of hydrogen-bond acceptors (Lipinski definition) is 9. The summed E-state index contributed by atoms with van der Waals surface area (Å²) in [6.45, 7) is 1.42. The van der Waals surface area contributed by atoms with Gasteiger partial charge in [-0.25, -0.2) is 0 Å². The fourth-order valence-corrected chi connectivity index (χ4v) is 7.05. The first-order chi connectivity index (χ1) is 20.8. The van der Waals surface area contributed by atoms with E-state index in [0.29, 0.717) is 38.5 Å². The average Bonchev–Trinajstić information content (AvgIpc) is 3.33. The van der Waals surface area contributed by atoms with Crippen LogP contribution in [0.15, 0.2) is 12.2 Å². The summed E-state index contributed by atoms with van der Waals surface area (Å²) in [7, 11) is 0. The van der Waals surface area contributed by atoms with Gasteiger partial charge in [0.2, 0.25) is 11.8 Å². The fraction of sp³-hybridized carbons (Fsp3) is 0.767. The number of unbranched alkanes of at least 4 members (excludes halogenated alkanes) is 3. The Labute approximate surface area is 263 Å². The monoisotopic (exact) mass is 645 g/mol. The number of aliphatic hydroxyl groups is 2. The topological polar surface area (TPSA) is 237 Å². The third-order valence-electron chi connectivity index (χ3n) is 7.81. The van der Waals surface area contributed by atoms with Crippen molar-refractivity contribution in [3.8, 4) is 0 Å². The molecule has 0 aromatic heterocycles. The van der Waals surface area contributed by atoms with Crippen LogP contribution in [-0.2, 0) is 24.0 Å². The molecule has 44 heavy (non-hydrogen) atoms. The molecular weight excluding hydrogens is 594 g/mol. The summed E-state index contributed by atoms with van der Waals surface area (Å²) in [6, 6.07) is -2.39. The second kappa shape index (κ2) is 21.9. The van der Waals surface area contributed by atoms with Crippen molar-refractivity contribution in [2.45, 2.75) is 120 Å². The minimum atomic E-state index is -1.26. The highest BCUT2D eigenvalue weighted by Gasteiger charge is 2.41. The Morgan fingerprint density at radius 1 is 0.977 bits per heavy atom. The molecule has 0 aromatic carbocycles. The first-order valence-electron chi connectivity index (χ1n) is 15.5. The molecule has 0 saturated heterocycles. The number of carbonyl (C=O) groups is 5. The third-order valence-corrected chi connectivity index (χ3v) is 9.27. The number of nitrogens with two attached hydrogens (primary N) is 1. The number of nitrogens with one attached hydrogen (secondary N) is 2. The summed E-state index contributed by atoms with van der Waals surface area (Å²) >= 11 is 1.34. The van der Waals surface area contributed by atoms with Gasteiger partial charge in [0.15, 0.2) is 0 Å². The zero-order chi connectivity index (χ0) is 33.1. The largest absolute Gasteiger partial charge is 0.481 e. The number of aliphatic hydroxyl groups excluding tert-OH is 2. The smallest absolute Gasteiger partial charge is 0.322 e. The molecule has 252 valence electrons. The molecule has 1 aliphatic carbocycles. The number of thioether (sulfide) groups is 1. The molecule has 2 amide bonds. The molecule has 14 heteroatoms. The highest BCUT2D eigenvalue weighted by molar-refractivity contribution is 8.00. The summed E-state index contributed by atoms with van der Waals surface area (Å²) in [6.07, 6.45) is 9.31. The molecule has 9 N–H and O–H groups in total. The molecule has 0 aromatic rings. The summed E-state index contributed by atoms with van der Waals surface area (Å²) in [5, 5.41) is 53.3. The van der Waals surface area contributed by atoms with Crippen molar-refractivity contribution in [3.63, 3.8) is 0 Å². The van der Waals surface area contributed by atoms with Crippen LogP contribution in [0.2, 0.25) is 0 Å². The lowest BCUT2D eigenvalue weighted by Gasteiger charge is -2.33. The predicted octanol–water partition coefficient (Wildman–Crippen LogP) is 1.89. The van der Waals surface area contributed by atoms with Gasteiger partial charge in [0, 0.05) is 23.8 Å². The standard InChI is InChI=1S/C30H51N3O10S/c1-2-3-6-10-20(34)16-24(28-19(12-14-23(28)35)9-7-4-5-8-11-26(37)38)44-18-22(29(41)32-17-27(39)40)33-25(36)15-13-21(31)30(42)43/h4,7,19-24,28,34-35H,2-3,5-6,8-18,31H2,1H3,(H,32,41)(H,33,36)(H,37,38)(H,39,40)(H,42,43). The number of carboxylic acids is 3. The van der Waals surface area contributed by atoms with E-state index in [2.05, 4.69) is 17.6 Å². The van der Waals surface area contributed by atoms with E-state index in [-0.39, 0.29) is 42.1 Å². The highest BCUT2D eigenvalue weighted by Crippen LogP contribution is 2.43. The van der Waals surface area contributed by atoms with E-state index >= 15 is 0 Å². The second-order valence-electron chi connectivity index (χ2n) is 11.4. The SMILES string of the molecule is CCCCCC(O)CC(SCC(NC(=O)CCC(N)C(=O)O)C(=O)NCC(=O)O)C1C(O)CCC1CC=CCCCC(=O)O. The molecule has 0 radical (unpaired) electrons. The summed E-state index contributed by atoms with van der Waals surface area (Å²) in [5.74, 6) is -4.77. The molecule has 1 rings (SSSR count). The number of aliphatic carboxylic acids is 3. The van der Waals surface area contributed by atoms with Gasteiger partial charge in [0.25, 0.3) is 0 Å². The number of carboxylic acid groups (broad SMARTS) is 3. The molecule has 7 atom stereocenters. The van der Waals surface area contributed by atoms with E-state index in [0.717, 1.165) is 25.7 Å². The molecule has 0 spiro atoms. The number of rotatable bonds is 24. The normalized spacial score (nSPS) is 21.0. The Morgan fingerprint density at radius 3 is 2.34 bits per heavy atom. The van der Waals surface area contributed by atoms with E-state index in [9.17, 15) is 34.2 Å². The predicted molar refractivity (Wildman–Crippen MR) is 166 cm³/mol. The van der Waals surface area contributed by atoms with Crippen molar-refractivity contribution in [1.82, 2.24) is 10.6 Å². The molecule has 0 aliphatic heterocycles. The van der Waals surface area contributed by atoms with Crippen LogP contribution in [0.25, 0.3) is 0 Å². The van der Waals surface area contributed by atoms with Gasteiger partial charge < -0.3 is 41.9 Å². The van der Waals surface area contributed by atoms with Crippen molar-refractivity contribution >= 4 is 41.5 Å². The third kappa shape index (κ3) is 16.4. The Morgan fingerprint density at radius 2 is 1.70 bits per heavy atom. The maximum atomic E-state index is 12.9. The van der Waals surface area contributed by atoms with Crippen LogP contribution >= 0.6 is 11.8 Å². The van der Waals surface area contributed by atoms with Crippen LogP contribution in [0.3, 0.4) is 0 Å². The molecule has 13 nitrogen and oxygen atoms in total. The van der Waals surface area contributed by atoms with Crippen molar-refractivity contribution in [2.75, 3.05) is 12.3 Å². The van der Waals surface area contributed by atoms with Crippen molar-refractivity contribution in [2.24, 2.45) is 17.6 Å². The van der Waals surface area contributed by atoms with Gasteiger partial charge in [-0.2, -0.15) is 11.8 Å². The lowest BCUT2D eigenvalue weighted by molar-refractivity contribution is -0.139. The van der Waals surface area contributed by atoms with Gasteiger partial charge >= 0.3 is 17.9 Å². The molecular formula is C30H51N3O10S. The van der Waals surface area contributed by atoms with Crippen LogP contribution in [-0.4, -0.2) is 97.1 Å². The summed E-state index contributed by atoms with van der Waals surface area (Å²) in [4.78, 5) is 58.3. The molecule has 0 heterocycles. The molecule has 1 fully saturated rings. The van der Waals surface area contributed by atoms with Crippen molar-refractivity contribution in [3.05, 3.63) is 12.2 Å².